The van der Waals surface area contributed by atoms with Crippen molar-refractivity contribution in [2.45, 2.75) is 6.61 Å². The van der Waals surface area contributed by atoms with Crippen molar-refractivity contribution >= 4 is 27.4 Å². The molecule has 1 aromatic heterocycles. The van der Waals surface area contributed by atoms with Crippen molar-refractivity contribution in [3.05, 3.63) is 56.4 Å². The number of nitro groups is 1. The molecule has 2 aromatic rings. The number of nitrogens with one attached hydrogen (secondary N) is 1. The van der Waals surface area contributed by atoms with Gasteiger partial charge in [-0.05, 0) is 22.0 Å². The molecule has 0 spiro atoms. The molecule has 1 heterocycles. The van der Waals surface area contributed by atoms with Crippen LogP contribution in [0.15, 0.2) is 34.9 Å². The topological polar surface area (TPSA) is 103 Å². The van der Waals surface area contributed by atoms with Gasteiger partial charge in [-0.25, -0.2) is 15.2 Å². The van der Waals surface area contributed by atoms with Crippen molar-refractivity contribution in [2.24, 2.45) is 5.84 Å². The Kier molecular flexibility index (Phi) is 4.66. The maximum Gasteiger partial charge on any atom is 0.312 e. The Morgan fingerprint density at radius 2 is 2.24 bits per heavy atom. The van der Waals surface area contributed by atoms with Crippen molar-refractivity contribution in [2.75, 3.05) is 5.43 Å². The lowest BCUT2D eigenvalue weighted by Gasteiger charge is -2.08. The number of nitrogen functional groups attached to an aromatic ring is 1. The van der Waals surface area contributed by atoms with Crippen molar-refractivity contribution in [3.8, 4) is 5.75 Å². The Bertz CT molecular complexity index is 666. The first-order chi connectivity index (χ1) is 10.0. The number of ether oxygens (including phenoxy) is 1. The average Bonchev–Trinajstić information content (AvgIpc) is 2.48. The van der Waals surface area contributed by atoms with Crippen LogP contribution in [0.25, 0.3) is 0 Å². The fourth-order valence-corrected chi connectivity index (χ4v) is 1.86. The number of benzene rings is 1. The van der Waals surface area contributed by atoms with E-state index < -0.39 is 10.7 Å². The number of nitrogens with two attached hydrogens (primary N) is 1. The minimum absolute atomic E-state index is 0.00147. The highest BCUT2D eigenvalue weighted by Crippen LogP contribution is 2.32. The average molecular weight is 357 g/mol. The van der Waals surface area contributed by atoms with Gasteiger partial charge in [0.15, 0.2) is 5.75 Å². The van der Waals surface area contributed by atoms with E-state index in [0.29, 0.717) is 11.4 Å². The van der Waals surface area contributed by atoms with Crippen LogP contribution in [0.3, 0.4) is 0 Å². The normalized spacial score (nSPS) is 10.2. The van der Waals surface area contributed by atoms with Crippen LogP contribution in [0.2, 0.25) is 0 Å². The molecular formula is C12H10BrFN4O3. The van der Waals surface area contributed by atoms with E-state index in [4.69, 9.17) is 10.6 Å². The van der Waals surface area contributed by atoms with Crippen LogP contribution in [0.1, 0.15) is 5.56 Å². The highest BCUT2D eigenvalue weighted by Gasteiger charge is 2.19. The number of hydrazine groups is 1. The summed E-state index contributed by atoms with van der Waals surface area (Å²) >= 11 is 2.90. The fraction of sp³-hybridized carbons (Fsp3) is 0.0833. The molecule has 7 nitrogen and oxygen atoms in total. The van der Waals surface area contributed by atoms with E-state index in [9.17, 15) is 14.5 Å². The molecule has 110 valence electrons. The number of nitrogens with zero attached hydrogens (tertiary/aromatic N) is 2. The maximum absolute atomic E-state index is 13.5. The summed E-state index contributed by atoms with van der Waals surface area (Å²) in [4.78, 5) is 14.3. The molecule has 0 fully saturated rings. The fourth-order valence-electron chi connectivity index (χ4n) is 1.53. The van der Waals surface area contributed by atoms with Crippen LogP contribution in [0.5, 0.6) is 5.75 Å². The number of nitro benzene ring substituents is 1. The predicted octanol–water partition coefficient (Wildman–Crippen LogP) is 2.76. The second-order valence-corrected chi connectivity index (χ2v) is 4.83. The summed E-state index contributed by atoms with van der Waals surface area (Å²) in [5, 5.41) is 10.9. The molecular weight excluding hydrogens is 347 g/mol. The van der Waals surface area contributed by atoms with E-state index in [1.54, 1.807) is 12.1 Å². The Balaban J connectivity index is 2.18. The molecule has 0 aliphatic carbocycles. The summed E-state index contributed by atoms with van der Waals surface area (Å²) in [5.41, 5.74) is 2.71. The minimum atomic E-state index is -0.642. The lowest BCUT2D eigenvalue weighted by Crippen LogP contribution is -2.08. The molecule has 3 N–H and O–H groups in total. The number of hydrogen-bond acceptors (Lipinski definition) is 6. The third-order valence-corrected chi connectivity index (χ3v) is 3.17. The SMILES string of the molecule is NNc1ccc(COc2cc(F)c(Br)cc2[N+](=O)[O-])cn1. The summed E-state index contributed by atoms with van der Waals surface area (Å²) in [6.45, 7) is 0.0137. The first-order valence-electron chi connectivity index (χ1n) is 5.69. The first-order valence-corrected chi connectivity index (χ1v) is 6.48. The summed E-state index contributed by atoms with van der Waals surface area (Å²) in [5.74, 6) is 4.86. The number of aromatic nitrogens is 1. The van der Waals surface area contributed by atoms with E-state index in [1.807, 2.05) is 0 Å². The third-order valence-electron chi connectivity index (χ3n) is 2.57. The second-order valence-electron chi connectivity index (χ2n) is 3.98. The number of halogens is 2. The van der Waals surface area contributed by atoms with Gasteiger partial charge in [0.1, 0.15) is 18.2 Å². The molecule has 0 aliphatic heterocycles. The van der Waals surface area contributed by atoms with Crippen LogP contribution in [0.4, 0.5) is 15.9 Å². The lowest BCUT2D eigenvalue weighted by atomic mass is 10.2. The minimum Gasteiger partial charge on any atom is -0.482 e. The molecule has 0 radical (unpaired) electrons. The third kappa shape index (κ3) is 3.64. The van der Waals surface area contributed by atoms with Gasteiger partial charge in [-0.15, -0.1) is 0 Å². The van der Waals surface area contributed by atoms with Crippen LogP contribution >= 0.6 is 15.9 Å². The molecule has 0 bridgehead atoms. The summed E-state index contributed by atoms with van der Waals surface area (Å²) in [6, 6.07) is 5.33. The smallest absolute Gasteiger partial charge is 0.312 e. The number of hydrogen-bond donors (Lipinski definition) is 2. The quantitative estimate of drug-likeness (QED) is 0.485. The van der Waals surface area contributed by atoms with E-state index >= 15 is 0 Å². The van der Waals surface area contributed by atoms with Crippen molar-refractivity contribution in [3.63, 3.8) is 0 Å². The van der Waals surface area contributed by atoms with Crippen molar-refractivity contribution < 1.29 is 14.1 Å². The van der Waals surface area contributed by atoms with E-state index in [-0.39, 0.29) is 22.5 Å². The zero-order valence-electron chi connectivity index (χ0n) is 10.5. The summed E-state index contributed by atoms with van der Waals surface area (Å²) in [6.07, 6.45) is 1.50. The zero-order chi connectivity index (χ0) is 15.4. The van der Waals surface area contributed by atoms with Crippen molar-refractivity contribution in [1.82, 2.24) is 4.98 Å². The molecule has 0 saturated heterocycles. The molecule has 1 aromatic carbocycles. The molecule has 0 amide bonds. The van der Waals surface area contributed by atoms with Crippen LogP contribution in [-0.4, -0.2) is 9.91 Å². The molecule has 0 unspecified atom stereocenters. The Morgan fingerprint density at radius 3 is 2.81 bits per heavy atom. The van der Waals surface area contributed by atoms with Gasteiger partial charge in [0, 0.05) is 23.9 Å². The first kappa shape index (κ1) is 15.1. The van der Waals surface area contributed by atoms with Crippen molar-refractivity contribution in [1.29, 1.82) is 0 Å². The van der Waals surface area contributed by atoms with Gasteiger partial charge in [0.25, 0.3) is 0 Å². The van der Waals surface area contributed by atoms with Crippen LogP contribution < -0.4 is 16.0 Å². The molecule has 21 heavy (non-hydrogen) atoms. The Labute approximate surface area is 127 Å². The van der Waals surface area contributed by atoms with Gasteiger partial charge < -0.3 is 10.2 Å². The van der Waals surface area contributed by atoms with Gasteiger partial charge in [-0.3, -0.25) is 10.1 Å². The van der Waals surface area contributed by atoms with Gasteiger partial charge in [0.2, 0.25) is 0 Å². The van der Waals surface area contributed by atoms with Gasteiger partial charge >= 0.3 is 5.69 Å². The largest absolute Gasteiger partial charge is 0.482 e. The zero-order valence-corrected chi connectivity index (χ0v) is 12.1. The summed E-state index contributed by atoms with van der Waals surface area (Å²) < 4.78 is 18.8. The van der Waals surface area contributed by atoms with E-state index in [1.165, 1.54) is 6.20 Å². The standard InChI is InChI=1S/C12H10BrFN4O3/c13-8-3-10(18(19)20)11(4-9(8)14)21-6-7-1-2-12(17-15)16-5-7/h1-5H,6,15H2,(H,16,17). The monoisotopic (exact) mass is 356 g/mol. The molecule has 9 heteroatoms. The Hall–Kier alpha value is -2.26. The molecule has 0 aliphatic rings. The Morgan fingerprint density at radius 1 is 1.48 bits per heavy atom. The van der Waals surface area contributed by atoms with Crippen LogP contribution in [-0.2, 0) is 6.61 Å². The summed E-state index contributed by atoms with van der Waals surface area (Å²) in [7, 11) is 0. The van der Waals surface area contributed by atoms with Crippen LogP contribution in [0, 0.1) is 15.9 Å². The van der Waals surface area contributed by atoms with Gasteiger partial charge in [-0.1, -0.05) is 6.07 Å². The molecule has 2 rings (SSSR count). The van der Waals surface area contributed by atoms with E-state index in [2.05, 4.69) is 26.3 Å². The highest BCUT2D eigenvalue weighted by molar-refractivity contribution is 9.10. The maximum atomic E-state index is 13.5. The highest BCUT2D eigenvalue weighted by atomic mass is 79.9. The van der Waals surface area contributed by atoms with E-state index in [0.717, 1.165) is 12.1 Å². The van der Waals surface area contributed by atoms with Gasteiger partial charge in [0.05, 0.1) is 9.40 Å². The lowest BCUT2D eigenvalue weighted by molar-refractivity contribution is -0.386. The molecule has 0 saturated carbocycles. The number of anilines is 1. The predicted molar refractivity (Wildman–Crippen MR) is 77.1 cm³/mol. The molecule has 0 atom stereocenters. The number of pyridine rings is 1. The number of rotatable bonds is 5. The second kappa shape index (κ2) is 6.46. The van der Waals surface area contributed by atoms with Gasteiger partial charge in [-0.2, -0.15) is 0 Å².